The average molecular weight is 370 g/mol. The summed E-state index contributed by atoms with van der Waals surface area (Å²) >= 11 is 0. The zero-order chi connectivity index (χ0) is 20.0. The maximum absolute atomic E-state index is 13.2. The third-order valence-corrected chi connectivity index (χ3v) is 4.19. The Kier molecular flexibility index (Phi) is 6.74. The largest absolute Gasteiger partial charge is 0.494 e. The first kappa shape index (κ1) is 20.2. The van der Waals surface area contributed by atoms with Crippen molar-refractivity contribution < 1.29 is 19.4 Å². The molecule has 1 aromatic carbocycles. The molecule has 0 fully saturated rings. The summed E-state index contributed by atoms with van der Waals surface area (Å²) in [5.74, 6) is -0.589. The second kappa shape index (κ2) is 9.01. The van der Waals surface area contributed by atoms with Crippen LogP contribution in [-0.4, -0.2) is 35.8 Å². The smallest absolute Gasteiger partial charge is 0.271 e. The number of nitriles is 1. The molecule has 7 heteroatoms. The molecule has 0 spiro atoms. The van der Waals surface area contributed by atoms with Crippen LogP contribution >= 0.6 is 0 Å². The summed E-state index contributed by atoms with van der Waals surface area (Å²) in [6.07, 6.45) is 0.445. The van der Waals surface area contributed by atoms with Gasteiger partial charge in [-0.2, -0.15) is 5.26 Å². The van der Waals surface area contributed by atoms with Gasteiger partial charge in [-0.15, -0.1) is 0 Å². The van der Waals surface area contributed by atoms with Gasteiger partial charge in [0.15, 0.2) is 0 Å². The Morgan fingerprint density at radius 2 is 2.04 bits per heavy atom. The summed E-state index contributed by atoms with van der Waals surface area (Å²) in [5, 5.41) is 20.1. The second-order valence-electron chi connectivity index (χ2n) is 5.87. The molecule has 1 aromatic heterocycles. The van der Waals surface area contributed by atoms with Crippen molar-refractivity contribution in [2.24, 2.45) is 0 Å². The fourth-order valence-corrected chi connectivity index (χ4v) is 2.87. The highest BCUT2D eigenvalue weighted by atomic mass is 16.5. The van der Waals surface area contributed by atoms with Crippen LogP contribution in [0.1, 0.15) is 40.4 Å². The van der Waals surface area contributed by atoms with E-state index in [9.17, 15) is 20.0 Å². The number of pyridine rings is 1. The Hall–Kier alpha value is -3.11. The van der Waals surface area contributed by atoms with Crippen molar-refractivity contribution >= 4 is 5.78 Å². The minimum atomic E-state index is -0.627. The van der Waals surface area contributed by atoms with Crippen LogP contribution in [0.5, 0.6) is 11.6 Å². The molecule has 142 valence electrons. The van der Waals surface area contributed by atoms with E-state index in [1.54, 1.807) is 31.2 Å². The zero-order valence-electron chi connectivity index (χ0n) is 15.6. The van der Waals surface area contributed by atoms with Gasteiger partial charge in [-0.05, 0) is 38.0 Å². The molecule has 0 radical (unpaired) electrons. The lowest BCUT2D eigenvalue weighted by atomic mass is 9.96. The molecule has 0 unspecified atom stereocenters. The van der Waals surface area contributed by atoms with Crippen molar-refractivity contribution in [2.45, 2.75) is 26.8 Å². The molecular weight excluding hydrogens is 348 g/mol. The summed E-state index contributed by atoms with van der Waals surface area (Å²) in [5.41, 5.74) is -0.459. The number of hydrogen-bond donors (Lipinski definition) is 1. The number of ether oxygens (including phenoxy) is 2. The first-order chi connectivity index (χ1) is 13.0. The summed E-state index contributed by atoms with van der Waals surface area (Å²) in [6, 6.07) is 8.51. The van der Waals surface area contributed by atoms with Gasteiger partial charge in [0.1, 0.15) is 17.4 Å². The van der Waals surface area contributed by atoms with Gasteiger partial charge < -0.3 is 14.6 Å². The molecule has 2 aromatic rings. The molecular formula is C20H22N2O5. The monoisotopic (exact) mass is 370 g/mol. The average Bonchev–Trinajstić information content (AvgIpc) is 2.65. The number of aromatic hydroxyl groups is 1. The summed E-state index contributed by atoms with van der Waals surface area (Å²) in [6.45, 7) is 4.15. The number of benzene rings is 1. The molecule has 0 aliphatic carbocycles. The molecule has 7 nitrogen and oxygen atoms in total. The Morgan fingerprint density at radius 3 is 2.67 bits per heavy atom. The molecule has 0 bridgehead atoms. The second-order valence-corrected chi connectivity index (χ2v) is 5.87. The molecule has 2 rings (SSSR count). The Balaban J connectivity index is 2.66. The van der Waals surface area contributed by atoms with Gasteiger partial charge in [-0.1, -0.05) is 12.1 Å². The first-order valence-corrected chi connectivity index (χ1v) is 8.59. The zero-order valence-corrected chi connectivity index (χ0v) is 15.6. The first-order valence-electron chi connectivity index (χ1n) is 8.59. The highest BCUT2D eigenvalue weighted by Gasteiger charge is 2.26. The number of rotatable bonds is 8. The van der Waals surface area contributed by atoms with Crippen LogP contribution in [-0.2, 0) is 11.3 Å². The fraction of sp³-hybridized carbons (Fsp3) is 0.350. The van der Waals surface area contributed by atoms with E-state index in [2.05, 4.69) is 0 Å². The van der Waals surface area contributed by atoms with E-state index in [1.165, 1.54) is 14.0 Å². The molecule has 0 aliphatic heterocycles. The Labute approximate surface area is 157 Å². The molecule has 1 N–H and O–H groups in total. The van der Waals surface area contributed by atoms with Crippen LogP contribution in [0.15, 0.2) is 29.1 Å². The number of nitrogens with zero attached hydrogens (tertiary/aromatic N) is 2. The van der Waals surface area contributed by atoms with Gasteiger partial charge in [0.25, 0.3) is 5.56 Å². The number of carbonyl (C=O) groups excluding carboxylic acids is 1. The highest BCUT2D eigenvalue weighted by molar-refractivity contribution is 6.13. The van der Waals surface area contributed by atoms with Crippen molar-refractivity contribution in [1.29, 1.82) is 5.26 Å². The molecule has 1 heterocycles. The van der Waals surface area contributed by atoms with Crippen LogP contribution in [0.3, 0.4) is 0 Å². The van der Waals surface area contributed by atoms with Crippen molar-refractivity contribution in [2.75, 3.05) is 20.3 Å². The molecule has 0 saturated heterocycles. The fourth-order valence-electron chi connectivity index (χ4n) is 2.87. The lowest BCUT2D eigenvalue weighted by Gasteiger charge is -2.16. The van der Waals surface area contributed by atoms with Gasteiger partial charge in [0, 0.05) is 20.3 Å². The lowest BCUT2D eigenvalue weighted by molar-refractivity contribution is 0.103. The van der Waals surface area contributed by atoms with Crippen molar-refractivity contribution in [3.63, 3.8) is 0 Å². The minimum Gasteiger partial charge on any atom is -0.494 e. The maximum atomic E-state index is 13.2. The van der Waals surface area contributed by atoms with Gasteiger partial charge >= 0.3 is 0 Å². The van der Waals surface area contributed by atoms with E-state index in [1.807, 2.05) is 6.07 Å². The predicted octanol–water partition coefficient (Wildman–Crippen LogP) is 2.40. The molecule has 27 heavy (non-hydrogen) atoms. The number of hydrogen-bond acceptors (Lipinski definition) is 6. The standard InChI is InChI=1S/C20H22N2O5/c1-4-27-16-9-6-5-8-14(16)18(23)17-13(2)15(12-21)19(24)22(20(17)25)10-7-11-26-3/h5-6,8-9,25H,4,7,10-11H2,1-3H3. The van der Waals surface area contributed by atoms with Gasteiger partial charge in [-0.3, -0.25) is 14.2 Å². The number of carbonyl (C=O) groups is 1. The molecule has 0 aliphatic rings. The van der Waals surface area contributed by atoms with Crippen LogP contribution in [0.25, 0.3) is 0 Å². The molecule has 0 saturated carbocycles. The van der Waals surface area contributed by atoms with E-state index in [-0.39, 0.29) is 28.8 Å². The lowest BCUT2D eigenvalue weighted by Crippen LogP contribution is -2.27. The Morgan fingerprint density at radius 1 is 1.33 bits per heavy atom. The highest BCUT2D eigenvalue weighted by Crippen LogP contribution is 2.28. The van der Waals surface area contributed by atoms with E-state index in [0.29, 0.717) is 25.4 Å². The van der Waals surface area contributed by atoms with E-state index >= 15 is 0 Å². The SMILES string of the molecule is CCOc1ccccc1C(=O)c1c(C)c(C#N)c(=O)n(CCCOC)c1O. The third kappa shape index (κ3) is 4.01. The number of aromatic nitrogens is 1. The number of ketones is 1. The van der Waals surface area contributed by atoms with Crippen molar-refractivity contribution in [1.82, 2.24) is 4.57 Å². The van der Waals surface area contributed by atoms with Crippen LogP contribution in [0.4, 0.5) is 0 Å². The van der Waals surface area contributed by atoms with Gasteiger partial charge in [0.05, 0.1) is 17.7 Å². The van der Waals surface area contributed by atoms with E-state index < -0.39 is 17.2 Å². The van der Waals surface area contributed by atoms with Crippen molar-refractivity contribution in [3.05, 3.63) is 56.9 Å². The van der Waals surface area contributed by atoms with Gasteiger partial charge in [-0.25, -0.2) is 0 Å². The molecule has 0 amide bonds. The number of methoxy groups -OCH3 is 1. The maximum Gasteiger partial charge on any atom is 0.271 e. The summed E-state index contributed by atoms with van der Waals surface area (Å²) in [4.78, 5) is 25.7. The van der Waals surface area contributed by atoms with E-state index in [4.69, 9.17) is 9.47 Å². The molecule has 0 atom stereocenters. The Bertz CT molecular complexity index is 941. The van der Waals surface area contributed by atoms with Crippen LogP contribution in [0, 0.1) is 18.3 Å². The quantitative estimate of drug-likeness (QED) is 0.565. The summed E-state index contributed by atoms with van der Waals surface area (Å²) in [7, 11) is 1.53. The van der Waals surface area contributed by atoms with Crippen LogP contribution < -0.4 is 10.3 Å². The number of para-hydroxylation sites is 1. The van der Waals surface area contributed by atoms with Gasteiger partial charge in [0.2, 0.25) is 11.7 Å². The predicted molar refractivity (Wildman–Crippen MR) is 99.4 cm³/mol. The topological polar surface area (TPSA) is 102 Å². The normalized spacial score (nSPS) is 10.4. The van der Waals surface area contributed by atoms with Crippen molar-refractivity contribution in [3.8, 4) is 17.7 Å². The summed E-state index contributed by atoms with van der Waals surface area (Å²) < 4.78 is 11.5. The minimum absolute atomic E-state index is 0.0734. The third-order valence-electron chi connectivity index (χ3n) is 4.19. The van der Waals surface area contributed by atoms with E-state index in [0.717, 1.165) is 4.57 Å². The van der Waals surface area contributed by atoms with Crippen LogP contribution in [0.2, 0.25) is 0 Å².